The predicted molar refractivity (Wildman–Crippen MR) is 110 cm³/mol. The van der Waals surface area contributed by atoms with Gasteiger partial charge in [-0.2, -0.15) is 0 Å². The second-order valence-corrected chi connectivity index (χ2v) is 9.34. The molecular formula is C22H28ClN3O3. The first-order chi connectivity index (χ1) is 13.8. The van der Waals surface area contributed by atoms with Crippen LogP contribution in [0, 0.1) is 5.92 Å². The Balaban J connectivity index is 1.50. The van der Waals surface area contributed by atoms with Gasteiger partial charge in [0.2, 0.25) is 5.91 Å². The van der Waals surface area contributed by atoms with Gasteiger partial charge in [-0.25, -0.2) is 4.79 Å². The number of nitrogens with one attached hydrogen (secondary N) is 1. The summed E-state index contributed by atoms with van der Waals surface area (Å²) in [6, 6.07) is 6.86. The van der Waals surface area contributed by atoms with Crippen molar-refractivity contribution >= 4 is 29.4 Å². The molecule has 29 heavy (non-hydrogen) atoms. The lowest BCUT2D eigenvalue weighted by Crippen LogP contribution is -2.49. The van der Waals surface area contributed by atoms with Crippen LogP contribution in [-0.2, 0) is 15.1 Å². The summed E-state index contributed by atoms with van der Waals surface area (Å²) in [5.74, 6) is 0.170. The van der Waals surface area contributed by atoms with Crippen LogP contribution >= 0.6 is 11.6 Å². The zero-order valence-electron chi connectivity index (χ0n) is 17.0. The lowest BCUT2D eigenvalue weighted by molar-refractivity contribution is -0.141. The predicted octanol–water partition coefficient (Wildman–Crippen LogP) is 3.68. The maximum atomic E-state index is 13.2. The average molecular weight is 418 g/mol. The Morgan fingerprint density at radius 3 is 2.38 bits per heavy atom. The van der Waals surface area contributed by atoms with Gasteiger partial charge in [0.05, 0.1) is 0 Å². The van der Waals surface area contributed by atoms with E-state index in [9.17, 15) is 14.4 Å². The first-order valence-corrected chi connectivity index (χ1v) is 10.9. The molecule has 0 aromatic heterocycles. The van der Waals surface area contributed by atoms with Gasteiger partial charge < -0.3 is 10.2 Å². The van der Waals surface area contributed by atoms with Gasteiger partial charge in [-0.05, 0) is 69.1 Å². The Labute approximate surface area is 176 Å². The molecule has 1 atom stereocenters. The van der Waals surface area contributed by atoms with Gasteiger partial charge in [-0.1, -0.05) is 30.7 Å². The van der Waals surface area contributed by atoms with E-state index in [1.165, 1.54) is 0 Å². The third-order valence-electron chi connectivity index (χ3n) is 6.58. The van der Waals surface area contributed by atoms with Crippen molar-refractivity contribution in [2.24, 2.45) is 5.92 Å². The molecule has 4 amide bonds. The van der Waals surface area contributed by atoms with E-state index in [1.807, 2.05) is 4.90 Å². The van der Waals surface area contributed by atoms with Crippen LogP contribution < -0.4 is 5.32 Å². The number of nitrogens with zero attached hydrogens (tertiary/aromatic N) is 2. The normalized spacial score (nSPS) is 29.7. The molecule has 3 aliphatic rings. The van der Waals surface area contributed by atoms with E-state index >= 15 is 0 Å². The first kappa shape index (κ1) is 20.2. The molecule has 1 saturated heterocycles. The van der Waals surface area contributed by atoms with Crippen LogP contribution in [0.5, 0.6) is 0 Å². The molecular weight excluding hydrogens is 390 g/mol. The Kier molecular flexibility index (Phi) is 5.32. The van der Waals surface area contributed by atoms with Crippen molar-refractivity contribution in [1.29, 1.82) is 0 Å². The van der Waals surface area contributed by atoms with E-state index in [-0.39, 0.29) is 24.5 Å². The summed E-state index contributed by atoms with van der Waals surface area (Å²) in [5.41, 5.74) is -0.606. The molecule has 1 heterocycles. The van der Waals surface area contributed by atoms with Crippen LogP contribution in [0.1, 0.15) is 57.9 Å². The number of urea groups is 1. The number of carbonyl (C=O) groups is 3. The van der Waals surface area contributed by atoms with Gasteiger partial charge in [0, 0.05) is 17.1 Å². The molecule has 1 aromatic carbocycles. The minimum absolute atomic E-state index is 0.120. The number of carbonyl (C=O) groups excluding carboxylic acids is 3. The summed E-state index contributed by atoms with van der Waals surface area (Å²) in [6.45, 7) is 3.71. The summed E-state index contributed by atoms with van der Waals surface area (Å²) < 4.78 is 0. The summed E-state index contributed by atoms with van der Waals surface area (Å²) in [5, 5.41) is 3.25. The quantitative estimate of drug-likeness (QED) is 0.743. The molecule has 0 radical (unpaired) electrons. The summed E-state index contributed by atoms with van der Waals surface area (Å²) >= 11 is 6.07. The zero-order valence-corrected chi connectivity index (χ0v) is 17.7. The Bertz CT molecular complexity index is 832. The Morgan fingerprint density at radius 1 is 1.17 bits per heavy atom. The van der Waals surface area contributed by atoms with Crippen molar-refractivity contribution in [3.05, 3.63) is 34.9 Å². The highest BCUT2D eigenvalue weighted by atomic mass is 35.5. The smallest absolute Gasteiger partial charge is 0.325 e. The minimum atomic E-state index is -1.22. The monoisotopic (exact) mass is 417 g/mol. The van der Waals surface area contributed by atoms with E-state index in [1.54, 1.807) is 31.2 Å². The van der Waals surface area contributed by atoms with E-state index in [4.69, 9.17) is 11.6 Å². The van der Waals surface area contributed by atoms with Gasteiger partial charge in [-0.3, -0.25) is 14.5 Å². The van der Waals surface area contributed by atoms with Crippen molar-refractivity contribution < 1.29 is 14.4 Å². The summed E-state index contributed by atoms with van der Waals surface area (Å²) in [6.07, 6.45) is 6.28. The molecule has 156 valence electrons. The van der Waals surface area contributed by atoms with Crippen LogP contribution in [0.25, 0.3) is 0 Å². The fraction of sp³-hybridized carbons (Fsp3) is 0.591. The van der Waals surface area contributed by atoms with Gasteiger partial charge in [0.15, 0.2) is 0 Å². The van der Waals surface area contributed by atoms with Gasteiger partial charge in [0.1, 0.15) is 12.1 Å². The van der Waals surface area contributed by atoms with Crippen LogP contribution in [0.4, 0.5) is 4.79 Å². The minimum Gasteiger partial charge on any atom is -0.335 e. The number of hydrogen-bond acceptors (Lipinski definition) is 3. The van der Waals surface area contributed by atoms with Crippen molar-refractivity contribution in [1.82, 2.24) is 15.1 Å². The molecule has 0 spiro atoms. The molecule has 0 bridgehead atoms. The highest BCUT2D eigenvalue weighted by Gasteiger charge is 2.50. The third-order valence-corrected chi connectivity index (χ3v) is 6.81. The van der Waals surface area contributed by atoms with E-state index in [0.717, 1.165) is 43.4 Å². The maximum Gasteiger partial charge on any atom is 0.325 e. The maximum absolute atomic E-state index is 13.2. The second kappa shape index (κ2) is 7.63. The van der Waals surface area contributed by atoms with Crippen molar-refractivity contribution in [3.63, 3.8) is 0 Å². The molecule has 2 aliphatic carbocycles. The lowest BCUT2D eigenvalue weighted by Gasteiger charge is -2.37. The van der Waals surface area contributed by atoms with E-state index in [0.29, 0.717) is 16.5 Å². The van der Waals surface area contributed by atoms with E-state index in [2.05, 4.69) is 12.2 Å². The fourth-order valence-electron chi connectivity index (χ4n) is 4.63. The number of hydrogen-bond donors (Lipinski definition) is 1. The standard InChI is InChI=1S/C22H28ClN3O3/c1-14-6-8-17(9-7-14)26(18-10-11-18)19(27)13-25-20(28)22(2,24-21(25)29)15-4-3-5-16(23)12-15/h3-5,12,14,17-18H,6-11,13H2,1-2H3,(H,24,29). The average Bonchev–Trinajstić information content (AvgIpc) is 3.48. The lowest BCUT2D eigenvalue weighted by atomic mass is 9.86. The van der Waals surface area contributed by atoms with Gasteiger partial charge in [-0.15, -0.1) is 0 Å². The largest absolute Gasteiger partial charge is 0.335 e. The number of halogens is 1. The number of rotatable bonds is 5. The molecule has 4 rings (SSSR count). The topological polar surface area (TPSA) is 69.7 Å². The third kappa shape index (κ3) is 3.87. The van der Waals surface area contributed by atoms with Crippen LogP contribution in [0.3, 0.4) is 0 Å². The molecule has 1 N–H and O–H groups in total. The van der Waals surface area contributed by atoms with Crippen molar-refractivity contribution in [2.45, 2.75) is 70.0 Å². The fourth-order valence-corrected chi connectivity index (χ4v) is 4.82. The molecule has 6 nitrogen and oxygen atoms in total. The van der Waals surface area contributed by atoms with Crippen LogP contribution in [0.2, 0.25) is 5.02 Å². The summed E-state index contributed by atoms with van der Waals surface area (Å²) in [7, 11) is 0. The van der Waals surface area contributed by atoms with Crippen molar-refractivity contribution in [2.75, 3.05) is 6.54 Å². The van der Waals surface area contributed by atoms with Gasteiger partial charge >= 0.3 is 6.03 Å². The molecule has 3 fully saturated rings. The number of imide groups is 1. The summed E-state index contributed by atoms with van der Waals surface area (Å²) in [4.78, 5) is 42.0. The Hall–Kier alpha value is -2.08. The molecule has 1 aromatic rings. The van der Waals surface area contributed by atoms with Crippen LogP contribution in [0.15, 0.2) is 24.3 Å². The highest BCUT2D eigenvalue weighted by Crippen LogP contribution is 2.36. The SMILES string of the molecule is CC1CCC(N(C(=O)CN2C(=O)NC(C)(c3cccc(Cl)c3)C2=O)C2CC2)CC1. The molecule has 2 saturated carbocycles. The zero-order chi connectivity index (χ0) is 20.8. The van der Waals surface area contributed by atoms with Crippen LogP contribution in [-0.4, -0.2) is 46.3 Å². The molecule has 1 aliphatic heterocycles. The molecule has 1 unspecified atom stereocenters. The molecule has 7 heteroatoms. The Morgan fingerprint density at radius 2 is 1.79 bits per heavy atom. The van der Waals surface area contributed by atoms with Crippen molar-refractivity contribution in [3.8, 4) is 0 Å². The number of amides is 4. The van der Waals surface area contributed by atoms with Gasteiger partial charge in [0.25, 0.3) is 5.91 Å². The number of benzene rings is 1. The first-order valence-electron chi connectivity index (χ1n) is 10.5. The van der Waals surface area contributed by atoms with E-state index < -0.39 is 17.5 Å². The highest BCUT2D eigenvalue weighted by molar-refractivity contribution is 6.30. The second-order valence-electron chi connectivity index (χ2n) is 8.90.